The van der Waals surface area contributed by atoms with Crippen LogP contribution in [0.15, 0.2) is 66.7 Å². The van der Waals surface area contributed by atoms with Crippen LogP contribution in [0.2, 0.25) is 0 Å². The van der Waals surface area contributed by atoms with Crippen molar-refractivity contribution in [2.45, 2.75) is 37.6 Å². The van der Waals surface area contributed by atoms with Gasteiger partial charge < -0.3 is 18.9 Å². The first kappa shape index (κ1) is 19.4. The Labute approximate surface area is 188 Å². The molecule has 4 heteroatoms. The standard InChI is InChI=1S/C28H26O4/c1-17-16-28(21-8-4-6-10-23(21)29-2,22-9-5-7-11-24(22)30-3)32-27-19(17)13-12-18-14-25-26(31-25)15-20(18)27/h4-13,16,25-26H,14-15H2,1-3H3/t25-,26+/m1/s1. The van der Waals surface area contributed by atoms with Crippen LogP contribution in [-0.4, -0.2) is 26.4 Å². The SMILES string of the molecule is COc1ccccc1C1(c2ccccc2OC)C=C(C)c2ccc3c(c2O1)C[C@@H]1O[C@@H]1C3. The van der Waals surface area contributed by atoms with Crippen LogP contribution in [0, 0.1) is 0 Å². The monoisotopic (exact) mass is 426 g/mol. The summed E-state index contributed by atoms with van der Waals surface area (Å²) in [7, 11) is 3.41. The Kier molecular flexibility index (Phi) is 4.34. The van der Waals surface area contributed by atoms with Gasteiger partial charge in [-0.3, -0.25) is 0 Å². The predicted octanol–water partition coefficient (Wildman–Crippen LogP) is 5.31. The van der Waals surface area contributed by atoms with Crippen LogP contribution in [0.25, 0.3) is 5.57 Å². The fourth-order valence-corrected chi connectivity index (χ4v) is 5.35. The summed E-state index contributed by atoms with van der Waals surface area (Å²) in [6.07, 6.45) is 4.74. The van der Waals surface area contributed by atoms with Gasteiger partial charge in [-0.05, 0) is 36.3 Å². The smallest absolute Gasteiger partial charge is 0.185 e. The van der Waals surface area contributed by atoms with Crippen molar-refractivity contribution in [2.75, 3.05) is 14.2 Å². The van der Waals surface area contributed by atoms with Crippen molar-refractivity contribution in [2.24, 2.45) is 0 Å². The van der Waals surface area contributed by atoms with Gasteiger partial charge in [0, 0.05) is 35.1 Å². The molecule has 0 amide bonds. The molecule has 0 spiro atoms. The molecule has 32 heavy (non-hydrogen) atoms. The van der Waals surface area contributed by atoms with E-state index >= 15 is 0 Å². The molecule has 0 N–H and O–H groups in total. The van der Waals surface area contributed by atoms with Gasteiger partial charge in [-0.15, -0.1) is 0 Å². The number of hydrogen-bond acceptors (Lipinski definition) is 4. The molecule has 3 aliphatic rings. The molecule has 1 saturated heterocycles. The molecule has 0 saturated carbocycles. The summed E-state index contributed by atoms with van der Waals surface area (Å²) in [6, 6.07) is 20.6. The van der Waals surface area contributed by atoms with Gasteiger partial charge in [0.25, 0.3) is 0 Å². The molecule has 0 bridgehead atoms. The fraction of sp³-hybridized carbons (Fsp3) is 0.286. The lowest BCUT2D eigenvalue weighted by Crippen LogP contribution is -2.36. The van der Waals surface area contributed by atoms with E-state index in [9.17, 15) is 0 Å². The molecule has 3 aromatic rings. The minimum atomic E-state index is -0.882. The number of fused-ring (bicyclic) bond motifs is 4. The summed E-state index contributed by atoms with van der Waals surface area (Å²) in [5.41, 5.74) is 5.92. The van der Waals surface area contributed by atoms with Gasteiger partial charge in [0.05, 0.1) is 26.4 Å². The number of benzene rings is 3. The lowest BCUT2D eigenvalue weighted by Gasteiger charge is -2.40. The van der Waals surface area contributed by atoms with Gasteiger partial charge in [-0.2, -0.15) is 0 Å². The Balaban J connectivity index is 1.63. The average molecular weight is 427 g/mol. The molecular weight excluding hydrogens is 400 g/mol. The summed E-state index contributed by atoms with van der Waals surface area (Å²) >= 11 is 0. The van der Waals surface area contributed by atoms with Crippen LogP contribution >= 0.6 is 0 Å². The molecule has 0 aromatic heterocycles. The maximum absolute atomic E-state index is 7.12. The first-order valence-electron chi connectivity index (χ1n) is 11.1. The van der Waals surface area contributed by atoms with Gasteiger partial charge >= 0.3 is 0 Å². The molecule has 2 atom stereocenters. The summed E-state index contributed by atoms with van der Waals surface area (Å²) in [5.74, 6) is 2.51. The summed E-state index contributed by atoms with van der Waals surface area (Å²) < 4.78 is 24.6. The summed E-state index contributed by atoms with van der Waals surface area (Å²) in [4.78, 5) is 0. The molecule has 2 aliphatic heterocycles. The normalized spacial score (nSPS) is 21.9. The molecule has 0 radical (unpaired) electrons. The van der Waals surface area contributed by atoms with E-state index in [1.807, 2.05) is 36.4 Å². The highest BCUT2D eigenvalue weighted by molar-refractivity contribution is 5.77. The maximum Gasteiger partial charge on any atom is 0.185 e. The van der Waals surface area contributed by atoms with Crippen molar-refractivity contribution in [3.63, 3.8) is 0 Å². The van der Waals surface area contributed by atoms with Gasteiger partial charge in [0.15, 0.2) is 5.60 Å². The Morgan fingerprint density at radius 1 is 0.812 bits per heavy atom. The maximum atomic E-state index is 7.12. The van der Waals surface area contributed by atoms with Gasteiger partial charge in [-0.25, -0.2) is 0 Å². The van der Waals surface area contributed by atoms with E-state index in [2.05, 4.69) is 37.3 Å². The molecule has 3 aromatic carbocycles. The van der Waals surface area contributed by atoms with Gasteiger partial charge in [0.1, 0.15) is 17.2 Å². The van der Waals surface area contributed by atoms with Crippen molar-refractivity contribution in [3.8, 4) is 17.2 Å². The number of allylic oxidation sites excluding steroid dienone is 1. The second kappa shape index (κ2) is 7.14. The number of para-hydroxylation sites is 2. The highest BCUT2D eigenvalue weighted by Gasteiger charge is 2.47. The van der Waals surface area contributed by atoms with Gasteiger partial charge in [-0.1, -0.05) is 48.5 Å². The van der Waals surface area contributed by atoms with E-state index in [1.165, 1.54) is 16.7 Å². The molecule has 162 valence electrons. The van der Waals surface area contributed by atoms with Crippen LogP contribution in [0.3, 0.4) is 0 Å². The number of methoxy groups -OCH3 is 2. The van der Waals surface area contributed by atoms with E-state index in [0.717, 1.165) is 46.8 Å². The Morgan fingerprint density at radius 3 is 2.09 bits per heavy atom. The molecule has 6 rings (SSSR count). The van der Waals surface area contributed by atoms with Crippen molar-refractivity contribution >= 4 is 5.57 Å². The quantitative estimate of drug-likeness (QED) is 0.530. The van der Waals surface area contributed by atoms with Crippen LogP contribution in [0.5, 0.6) is 17.2 Å². The van der Waals surface area contributed by atoms with Crippen LogP contribution < -0.4 is 14.2 Å². The van der Waals surface area contributed by atoms with Gasteiger partial charge in [0.2, 0.25) is 0 Å². The van der Waals surface area contributed by atoms with Crippen LogP contribution in [0.4, 0.5) is 0 Å². The molecule has 4 nitrogen and oxygen atoms in total. The Hall–Kier alpha value is -3.24. The zero-order valence-electron chi connectivity index (χ0n) is 18.6. The zero-order valence-corrected chi connectivity index (χ0v) is 18.6. The second-order valence-electron chi connectivity index (χ2n) is 8.77. The number of hydrogen-bond donors (Lipinski definition) is 0. The van der Waals surface area contributed by atoms with E-state index in [4.69, 9.17) is 18.9 Å². The van der Waals surface area contributed by atoms with Crippen molar-refractivity contribution in [1.29, 1.82) is 0 Å². The van der Waals surface area contributed by atoms with Crippen LogP contribution in [0.1, 0.15) is 34.7 Å². The van der Waals surface area contributed by atoms with E-state index in [1.54, 1.807) is 14.2 Å². The topological polar surface area (TPSA) is 40.2 Å². The van der Waals surface area contributed by atoms with E-state index in [0.29, 0.717) is 12.2 Å². The number of epoxide rings is 1. The number of ether oxygens (including phenoxy) is 4. The molecule has 1 fully saturated rings. The second-order valence-corrected chi connectivity index (χ2v) is 8.77. The zero-order chi connectivity index (χ0) is 21.9. The van der Waals surface area contributed by atoms with Crippen molar-refractivity contribution < 1.29 is 18.9 Å². The third-order valence-electron chi connectivity index (χ3n) is 6.99. The minimum absolute atomic E-state index is 0.315. The Bertz CT molecular complexity index is 1190. The number of rotatable bonds is 4. The third-order valence-corrected chi connectivity index (χ3v) is 6.99. The molecule has 2 heterocycles. The van der Waals surface area contributed by atoms with Crippen LogP contribution in [-0.2, 0) is 23.2 Å². The van der Waals surface area contributed by atoms with Crippen molar-refractivity contribution in [1.82, 2.24) is 0 Å². The third kappa shape index (κ3) is 2.79. The largest absolute Gasteiger partial charge is 0.496 e. The Morgan fingerprint density at radius 2 is 1.44 bits per heavy atom. The summed E-state index contributed by atoms with van der Waals surface area (Å²) in [5, 5.41) is 0. The minimum Gasteiger partial charge on any atom is -0.496 e. The first-order chi connectivity index (χ1) is 15.6. The van der Waals surface area contributed by atoms with E-state index in [-0.39, 0.29) is 0 Å². The first-order valence-corrected chi connectivity index (χ1v) is 11.1. The lowest BCUT2D eigenvalue weighted by molar-refractivity contribution is 0.149. The molecule has 0 unspecified atom stereocenters. The average Bonchev–Trinajstić information content (AvgIpc) is 3.60. The molecule has 1 aliphatic carbocycles. The summed E-state index contributed by atoms with van der Waals surface area (Å²) in [6.45, 7) is 2.16. The van der Waals surface area contributed by atoms with Crippen molar-refractivity contribution in [3.05, 3.63) is 94.6 Å². The highest BCUT2D eigenvalue weighted by atomic mass is 16.6. The predicted molar refractivity (Wildman–Crippen MR) is 124 cm³/mol. The fourth-order valence-electron chi connectivity index (χ4n) is 5.35. The van der Waals surface area contributed by atoms with E-state index < -0.39 is 5.60 Å². The lowest BCUT2D eigenvalue weighted by atomic mass is 9.79. The highest BCUT2D eigenvalue weighted by Crippen LogP contribution is 2.52. The molecular formula is C28H26O4.